The molecule has 6 nitrogen and oxygen atoms in total. The average molecular weight is 314 g/mol. The Hall–Kier alpha value is -2.89. The summed E-state index contributed by atoms with van der Waals surface area (Å²) >= 11 is 0. The Morgan fingerprint density at radius 1 is 1.17 bits per heavy atom. The van der Waals surface area contributed by atoms with Crippen molar-refractivity contribution in [3.8, 4) is 11.5 Å². The highest BCUT2D eigenvalue weighted by Gasteiger charge is 2.23. The summed E-state index contributed by atoms with van der Waals surface area (Å²) < 4.78 is 10.5. The molecule has 0 saturated heterocycles. The van der Waals surface area contributed by atoms with E-state index in [1.54, 1.807) is 38.5 Å². The Morgan fingerprint density at radius 3 is 2.43 bits per heavy atom. The molecule has 0 fully saturated rings. The average Bonchev–Trinajstić information content (AvgIpc) is 2.59. The van der Waals surface area contributed by atoms with E-state index >= 15 is 0 Å². The van der Waals surface area contributed by atoms with Crippen LogP contribution in [0.1, 0.15) is 29.5 Å². The predicted octanol–water partition coefficient (Wildman–Crippen LogP) is 3.76. The van der Waals surface area contributed by atoms with Crippen LogP contribution < -0.4 is 9.47 Å². The van der Waals surface area contributed by atoms with E-state index in [1.165, 1.54) is 6.07 Å². The topological polar surface area (TPSA) is 85.5 Å². The van der Waals surface area contributed by atoms with Gasteiger partial charge in [0.2, 0.25) is 0 Å². The number of rotatable bonds is 6. The zero-order chi connectivity index (χ0) is 17.0. The molecule has 0 bridgehead atoms. The van der Waals surface area contributed by atoms with Crippen molar-refractivity contribution in [2.45, 2.75) is 12.8 Å². The van der Waals surface area contributed by atoms with Gasteiger partial charge in [-0.05, 0) is 17.7 Å². The summed E-state index contributed by atoms with van der Waals surface area (Å²) in [5, 5.41) is 18.9. The second kappa shape index (κ2) is 6.91. The first kappa shape index (κ1) is 16.5. The van der Waals surface area contributed by atoms with E-state index in [0.717, 1.165) is 11.8 Å². The molecule has 0 saturated carbocycles. The molecule has 0 aromatic heterocycles. The third-order valence-electron chi connectivity index (χ3n) is 3.81. The molecule has 0 aliphatic heterocycles. The molecule has 0 aliphatic carbocycles. The lowest BCUT2D eigenvalue weighted by molar-refractivity contribution is -0.385. The van der Waals surface area contributed by atoms with Gasteiger partial charge < -0.3 is 14.9 Å². The van der Waals surface area contributed by atoms with Gasteiger partial charge in [0.25, 0.3) is 5.69 Å². The minimum atomic E-state index is -0.417. The standard InChI is InChI=1S/C17H18N2O4/c1-11(12-7-8-15(22-2)16(9-12)23-3)17-13(10-18)5-4-6-14(17)19(20)21/h4-11,18H,1-3H3. The van der Waals surface area contributed by atoms with Gasteiger partial charge in [0.1, 0.15) is 0 Å². The number of nitrogens with zero attached hydrogens (tertiary/aromatic N) is 1. The lowest BCUT2D eigenvalue weighted by Crippen LogP contribution is -2.06. The highest BCUT2D eigenvalue weighted by atomic mass is 16.6. The second-order valence-corrected chi connectivity index (χ2v) is 5.02. The first-order valence-electron chi connectivity index (χ1n) is 7.03. The Labute approximate surface area is 134 Å². The summed E-state index contributed by atoms with van der Waals surface area (Å²) in [6.45, 7) is 1.87. The minimum absolute atomic E-state index is 0.00767. The summed E-state index contributed by atoms with van der Waals surface area (Å²) in [5.74, 6) is 0.887. The van der Waals surface area contributed by atoms with E-state index in [2.05, 4.69) is 0 Å². The van der Waals surface area contributed by atoms with Crippen LogP contribution in [-0.4, -0.2) is 25.4 Å². The van der Waals surface area contributed by atoms with Crippen LogP contribution in [0.15, 0.2) is 36.4 Å². The Morgan fingerprint density at radius 2 is 1.87 bits per heavy atom. The van der Waals surface area contributed by atoms with E-state index in [4.69, 9.17) is 14.9 Å². The van der Waals surface area contributed by atoms with Crippen molar-refractivity contribution >= 4 is 11.9 Å². The summed E-state index contributed by atoms with van der Waals surface area (Å²) in [6.07, 6.45) is 1.14. The van der Waals surface area contributed by atoms with Crippen LogP contribution in [0.4, 0.5) is 5.69 Å². The first-order chi connectivity index (χ1) is 11.0. The summed E-state index contributed by atoms with van der Waals surface area (Å²) in [7, 11) is 3.09. The maximum absolute atomic E-state index is 11.3. The third-order valence-corrected chi connectivity index (χ3v) is 3.81. The van der Waals surface area contributed by atoms with Gasteiger partial charge in [-0.3, -0.25) is 10.1 Å². The van der Waals surface area contributed by atoms with Crippen molar-refractivity contribution in [2.75, 3.05) is 14.2 Å². The molecule has 1 unspecified atom stereocenters. The van der Waals surface area contributed by atoms with Crippen molar-refractivity contribution in [3.63, 3.8) is 0 Å². The fourth-order valence-electron chi connectivity index (χ4n) is 2.62. The van der Waals surface area contributed by atoms with Crippen LogP contribution in [-0.2, 0) is 0 Å². The normalized spacial score (nSPS) is 11.6. The number of hydrogen-bond donors (Lipinski definition) is 1. The number of benzene rings is 2. The second-order valence-electron chi connectivity index (χ2n) is 5.02. The fraction of sp³-hybridized carbons (Fsp3) is 0.235. The molecule has 2 aromatic carbocycles. The molecular weight excluding hydrogens is 296 g/mol. The summed E-state index contributed by atoms with van der Waals surface area (Å²) in [5.41, 5.74) is 1.90. The quantitative estimate of drug-likeness (QED) is 0.499. The number of nitro groups is 1. The third kappa shape index (κ3) is 3.15. The van der Waals surface area contributed by atoms with Gasteiger partial charge in [-0.15, -0.1) is 0 Å². The number of nitrogens with one attached hydrogen (secondary N) is 1. The molecule has 120 valence electrons. The molecule has 0 amide bonds. The molecule has 0 aliphatic rings. The highest BCUT2D eigenvalue weighted by Crippen LogP contribution is 2.37. The smallest absolute Gasteiger partial charge is 0.273 e. The van der Waals surface area contributed by atoms with Crippen LogP contribution >= 0.6 is 0 Å². The van der Waals surface area contributed by atoms with Gasteiger partial charge in [0.05, 0.1) is 19.1 Å². The lowest BCUT2D eigenvalue weighted by Gasteiger charge is -2.17. The molecule has 6 heteroatoms. The number of methoxy groups -OCH3 is 2. The van der Waals surface area contributed by atoms with Gasteiger partial charge in [-0.2, -0.15) is 0 Å². The number of ether oxygens (including phenoxy) is 2. The van der Waals surface area contributed by atoms with E-state index < -0.39 is 4.92 Å². The van der Waals surface area contributed by atoms with Crippen LogP contribution in [0.2, 0.25) is 0 Å². The molecule has 2 rings (SSSR count). The van der Waals surface area contributed by atoms with E-state index in [9.17, 15) is 10.1 Å². The van der Waals surface area contributed by atoms with Gasteiger partial charge >= 0.3 is 0 Å². The van der Waals surface area contributed by atoms with Crippen LogP contribution in [0.3, 0.4) is 0 Å². The molecule has 0 spiro atoms. The molecule has 1 N–H and O–H groups in total. The Balaban J connectivity index is 2.58. The molecule has 2 aromatic rings. The van der Waals surface area contributed by atoms with Crippen molar-refractivity contribution in [1.82, 2.24) is 0 Å². The van der Waals surface area contributed by atoms with Gasteiger partial charge in [0, 0.05) is 29.3 Å². The Kier molecular flexibility index (Phi) is 4.95. The van der Waals surface area contributed by atoms with Crippen molar-refractivity contribution in [2.24, 2.45) is 0 Å². The Bertz CT molecular complexity index is 743. The van der Waals surface area contributed by atoms with Gasteiger partial charge in [-0.1, -0.05) is 25.1 Å². The largest absolute Gasteiger partial charge is 0.493 e. The summed E-state index contributed by atoms with van der Waals surface area (Å²) in [4.78, 5) is 10.9. The van der Waals surface area contributed by atoms with Crippen molar-refractivity contribution in [3.05, 3.63) is 63.2 Å². The maximum Gasteiger partial charge on any atom is 0.273 e. The van der Waals surface area contributed by atoms with Crippen LogP contribution in [0.5, 0.6) is 11.5 Å². The predicted molar refractivity (Wildman–Crippen MR) is 88.0 cm³/mol. The molecule has 0 heterocycles. The number of hydrogen-bond acceptors (Lipinski definition) is 5. The van der Waals surface area contributed by atoms with Gasteiger partial charge in [0.15, 0.2) is 11.5 Å². The molecule has 1 atom stereocenters. The zero-order valence-electron chi connectivity index (χ0n) is 13.2. The highest BCUT2D eigenvalue weighted by molar-refractivity contribution is 5.82. The number of nitro benzene ring substituents is 1. The molecule has 0 radical (unpaired) electrons. The van der Waals surface area contributed by atoms with Crippen LogP contribution in [0, 0.1) is 15.5 Å². The molecular formula is C17H18N2O4. The fourth-order valence-corrected chi connectivity index (χ4v) is 2.62. The van der Waals surface area contributed by atoms with Crippen molar-refractivity contribution in [1.29, 1.82) is 5.41 Å². The summed E-state index contributed by atoms with van der Waals surface area (Å²) in [6, 6.07) is 10.2. The molecule has 23 heavy (non-hydrogen) atoms. The SMILES string of the molecule is COc1ccc(C(C)c2c(C=N)cccc2[N+](=O)[O-])cc1OC. The minimum Gasteiger partial charge on any atom is -0.493 e. The lowest BCUT2D eigenvalue weighted by atomic mass is 9.88. The van der Waals surface area contributed by atoms with Crippen LogP contribution in [0.25, 0.3) is 0 Å². The maximum atomic E-state index is 11.3. The van der Waals surface area contributed by atoms with E-state index in [1.807, 2.05) is 13.0 Å². The first-order valence-corrected chi connectivity index (χ1v) is 7.03. The van der Waals surface area contributed by atoms with E-state index in [-0.39, 0.29) is 11.6 Å². The monoisotopic (exact) mass is 314 g/mol. The van der Waals surface area contributed by atoms with Gasteiger partial charge in [-0.25, -0.2) is 0 Å². The van der Waals surface area contributed by atoms with E-state index in [0.29, 0.717) is 22.6 Å². The zero-order valence-corrected chi connectivity index (χ0v) is 13.2. The van der Waals surface area contributed by atoms with Crippen molar-refractivity contribution < 1.29 is 14.4 Å².